The fourth-order valence-electron chi connectivity index (χ4n) is 1.44. The standard InChI is InChI=1S/C11H11Br2N3O2/c1-2-18-11(17)8-6-14-16(7-8)15-5-3-4-9(12)10(15)13/h3-7,10H,2H2,1H3. The normalized spacial score (nSPS) is 18.7. The van der Waals surface area contributed by atoms with Gasteiger partial charge in [-0.1, -0.05) is 31.9 Å². The first kappa shape index (κ1) is 13.4. The Bertz CT molecular complexity index is 510. The maximum atomic E-state index is 11.5. The smallest absolute Gasteiger partial charge is 0.341 e. The molecule has 0 amide bonds. The van der Waals surface area contributed by atoms with Crippen LogP contribution in [-0.2, 0) is 4.74 Å². The molecule has 0 bridgehead atoms. The van der Waals surface area contributed by atoms with E-state index in [9.17, 15) is 4.79 Å². The van der Waals surface area contributed by atoms with Crippen molar-refractivity contribution in [3.63, 3.8) is 0 Å². The van der Waals surface area contributed by atoms with Gasteiger partial charge in [0.25, 0.3) is 0 Å². The van der Waals surface area contributed by atoms with Gasteiger partial charge in [-0.05, 0) is 19.1 Å². The monoisotopic (exact) mass is 375 g/mol. The quantitative estimate of drug-likeness (QED) is 0.462. The lowest BCUT2D eigenvalue weighted by Crippen LogP contribution is -2.37. The van der Waals surface area contributed by atoms with Gasteiger partial charge in [-0.25, -0.2) is 4.79 Å². The lowest BCUT2D eigenvalue weighted by Gasteiger charge is -2.27. The third kappa shape index (κ3) is 2.67. The van der Waals surface area contributed by atoms with E-state index in [1.807, 2.05) is 23.4 Å². The van der Waals surface area contributed by atoms with Crippen molar-refractivity contribution in [3.8, 4) is 0 Å². The molecule has 18 heavy (non-hydrogen) atoms. The van der Waals surface area contributed by atoms with Gasteiger partial charge in [0.1, 0.15) is 4.95 Å². The van der Waals surface area contributed by atoms with Gasteiger partial charge >= 0.3 is 5.97 Å². The lowest BCUT2D eigenvalue weighted by atomic mass is 10.4. The van der Waals surface area contributed by atoms with Crippen molar-refractivity contribution in [2.45, 2.75) is 11.9 Å². The molecule has 7 heteroatoms. The van der Waals surface area contributed by atoms with Crippen LogP contribution in [0.1, 0.15) is 17.3 Å². The van der Waals surface area contributed by atoms with E-state index in [-0.39, 0.29) is 10.9 Å². The van der Waals surface area contributed by atoms with Gasteiger partial charge in [0.15, 0.2) is 0 Å². The number of hydrogen-bond donors (Lipinski definition) is 0. The van der Waals surface area contributed by atoms with Gasteiger partial charge in [0.05, 0.1) is 24.6 Å². The average molecular weight is 377 g/mol. The summed E-state index contributed by atoms with van der Waals surface area (Å²) in [4.78, 5) is 13.1. The van der Waals surface area contributed by atoms with E-state index < -0.39 is 0 Å². The van der Waals surface area contributed by atoms with Crippen molar-refractivity contribution < 1.29 is 9.53 Å². The van der Waals surface area contributed by atoms with Crippen LogP contribution in [0.25, 0.3) is 0 Å². The first-order valence-electron chi connectivity index (χ1n) is 5.32. The number of nitrogens with zero attached hydrogens (tertiary/aromatic N) is 3. The van der Waals surface area contributed by atoms with Crippen LogP contribution in [0.15, 0.2) is 35.2 Å². The Morgan fingerprint density at radius 1 is 1.61 bits per heavy atom. The summed E-state index contributed by atoms with van der Waals surface area (Å²) in [7, 11) is 0. The Morgan fingerprint density at radius 2 is 2.39 bits per heavy atom. The summed E-state index contributed by atoms with van der Waals surface area (Å²) >= 11 is 6.96. The predicted molar refractivity (Wildman–Crippen MR) is 75.3 cm³/mol. The molecule has 1 aliphatic rings. The lowest BCUT2D eigenvalue weighted by molar-refractivity contribution is 0.0526. The van der Waals surface area contributed by atoms with E-state index in [1.165, 1.54) is 6.20 Å². The van der Waals surface area contributed by atoms with Gasteiger partial charge in [-0.2, -0.15) is 9.89 Å². The third-order valence-electron chi connectivity index (χ3n) is 2.27. The van der Waals surface area contributed by atoms with Crippen molar-refractivity contribution in [1.82, 2.24) is 9.89 Å². The molecule has 1 aromatic rings. The molecule has 0 saturated heterocycles. The molecule has 0 fully saturated rings. The van der Waals surface area contributed by atoms with Crippen LogP contribution in [0, 0.1) is 0 Å². The van der Waals surface area contributed by atoms with E-state index in [2.05, 4.69) is 37.0 Å². The van der Waals surface area contributed by atoms with Crippen LogP contribution in [0.4, 0.5) is 0 Å². The number of rotatable bonds is 3. The van der Waals surface area contributed by atoms with Crippen molar-refractivity contribution >= 4 is 37.8 Å². The molecule has 0 saturated carbocycles. The molecular weight excluding hydrogens is 366 g/mol. The van der Waals surface area contributed by atoms with E-state index in [1.54, 1.807) is 17.9 Å². The fourth-order valence-corrected chi connectivity index (χ4v) is 2.27. The Morgan fingerprint density at radius 3 is 3.11 bits per heavy atom. The van der Waals surface area contributed by atoms with Crippen LogP contribution in [0.5, 0.6) is 0 Å². The molecule has 0 aromatic carbocycles. The SMILES string of the molecule is CCOC(=O)c1cnn(N2C=CC=C(Br)C2Br)c1. The topological polar surface area (TPSA) is 47.4 Å². The van der Waals surface area contributed by atoms with Crippen molar-refractivity contribution in [1.29, 1.82) is 0 Å². The van der Waals surface area contributed by atoms with Crippen molar-refractivity contribution in [3.05, 3.63) is 40.8 Å². The summed E-state index contributed by atoms with van der Waals surface area (Å²) in [5, 5.41) is 5.97. The molecule has 1 unspecified atom stereocenters. The number of hydrogen-bond acceptors (Lipinski definition) is 4. The number of aromatic nitrogens is 2. The molecule has 5 nitrogen and oxygen atoms in total. The summed E-state index contributed by atoms with van der Waals surface area (Å²) in [5.41, 5.74) is 0.427. The highest BCUT2D eigenvalue weighted by molar-refractivity contribution is 9.14. The Balaban J connectivity index is 2.18. The molecule has 0 radical (unpaired) electrons. The maximum absolute atomic E-state index is 11.5. The first-order chi connectivity index (χ1) is 8.63. The van der Waals surface area contributed by atoms with E-state index in [0.29, 0.717) is 12.2 Å². The van der Waals surface area contributed by atoms with E-state index in [4.69, 9.17) is 4.74 Å². The van der Waals surface area contributed by atoms with Crippen LogP contribution >= 0.6 is 31.9 Å². The van der Waals surface area contributed by atoms with Gasteiger partial charge in [-0.15, -0.1) is 0 Å². The van der Waals surface area contributed by atoms with E-state index >= 15 is 0 Å². The van der Waals surface area contributed by atoms with Crippen molar-refractivity contribution in [2.75, 3.05) is 11.6 Å². The van der Waals surface area contributed by atoms with Crippen LogP contribution in [0.2, 0.25) is 0 Å². The summed E-state index contributed by atoms with van der Waals surface area (Å²) in [6, 6.07) is 0. The summed E-state index contributed by atoms with van der Waals surface area (Å²) in [6.45, 7) is 2.12. The second-order valence-corrected chi connectivity index (χ2v) is 5.26. The largest absolute Gasteiger partial charge is 0.462 e. The molecule has 1 atom stereocenters. The molecule has 2 rings (SSSR count). The van der Waals surface area contributed by atoms with Crippen LogP contribution in [-0.4, -0.2) is 27.4 Å². The molecule has 1 aliphatic heterocycles. The second kappa shape index (κ2) is 5.71. The molecule has 0 aliphatic carbocycles. The highest BCUT2D eigenvalue weighted by Crippen LogP contribution is 2.25. The highest BCUT2D eigenvalue weighted by Gasteiger charge is 2.20. The minimum absolute atomic E-state index is 0.0579. The van der Waals surface area contributed by atoms with Gasteiger partial charge in [-0.3, -0.25) is 5.01 Å². The second-order valence-electron chi connectivity index (χ2n) is 3.48. The number of ether oxygens (including phenoxy) is 1. The number of carbonyl (C=O) groups is 1. The summed E-state index contributed by atoms with van der Waals surface area (Å²) in [6.07, 6.45) is 8.78. The van der Waals surface area contributed by atoms with Gasteiger partial charge < -0.3 is 4.74 Å². The zero-order valence-corrected chi connectivity index (χ0v) is 12.8. The van der Waals surface area contributed by atoms with Gasteiger partial charge in [0, 0.05) is 10.7 Å². The number of allylic oxidation sites excluding steroid dienone is 2. The maximum Gasteiger partial charge on any atom is 0.341 e. The molecule has 0 N–H and O–H groups in total. The minimum atomic E-state index is -0.370. The zero-order chi connectivity index (χ0) is 13.1. The fraction of sp³-hybridized carbons (Fsp3) is 0.273. The molecule has 0 spiro atoms. The number of carbonyl (C=O) groups excluding carboxylic acids is 1. The molecule has 1 aromatic heterocycles. The summed E-state index contributed by atoms with van der Waals surface area (Å²) in [5.74, 6) is -0.370. The molecule has 2 heterocycles. The highest BCUT2D eigenvalue weighted by atomic mass is 79.9. The molecular formula is C11H11Br2N3O2. The number of halogens is 2. The Hall–Kier alpha value is -1.08. The first-order valence-corrected chi connectivity index (χ1v) is 7.02. The van der Waals surface area contributed by atoms with Crippen molar-refractivity contribution in [2.24, 2.45) is 0 Å². The number of esters is 1. The predicted octanol–water partition coefficient (Wildman–Crippen LogP) is 2.52. The molecule has 96 valence electrons. The third-order valence-corrected chi connectivity index (χ3v) is 4.50. The van der Waals surface area contributed by atoms with E-state index in [0.717, 1.165) is 4.48 Å². The Kier molecular flexibility index (Phi) is 4.23. The zero-order valence-electron chi connectivity index (χ0n) is 9.59. The van der Waals surface area contributed by atoms with Crippen LogP contribution in [0.3, 0.4) is 0 Å². The average Bonchev–Trinajstić information content (AvgIpc) is 2.82. The summed E-state index contributed by atoms with van der Waals surface area (Å²) < 4.78 is 5.89. The Labute approximate surface area is 121 Å². The minimum Gasteiger partial charge on any atom is -0.462 e. The van der Waals surface area contributed by atoms with Gasteiger partial charge in [0.2, 0.25) is 0 Å². The van der Waals surface area contributed by atoms with Crippen LogP contribution < -0.4 is 5.01 Å². The number of alkyl halides is 1.